The Bertz CT molecular complexity index is 1420. The molecular weight excluding hydrogens is 490 g/mol. The lowest BCUT2D eigenvalue weighted by atomic mass is 10.1. The summed E-state index contributed by atoms with van der Waals surface area (Å²) in [6, 6.07) is 23.5. The summed E-state index contributed by atoms with van der Waals surface area (Å²) in [7, 11) is -2.69. The number of hydrogen-bond acceptors (Lipinski definition) is 5. The second-order valence-electron chi connectivity index (χ2n) is 11.7. The molecule has 1 saturated heterocycles. The molecule has 0 bridgehead atoms. The molecule has 1 fully saturated rings. The molecule has 3 heterocycles. The van der Waals surface area contributed by atoms with Gasteiger partial charge in [0.05, 0.1) is 12.6 Å². The Morgan fingerprint density at radius 1 is 0.947 bits per heavy atom. The van der Waals surface area contributed by atoms with Crippen LogP contribution in [0.4, 0.5) is 0 Å². The summed E-state index contributed by atoms with van der Waals surface area (Å²) in [5.74, 6) is -0.678. The van der Waals surface area contributed by atoms with Crippen molar-refractivity contribution in [2.45, 2.75) is 63.7 Å². The average molecular weight is 526 g/mol. The van der Waals surface area contributed by atoms with E-state index in [-0.39, 0.29) is 23.3 Å². The molecule has 2 aromatic heterocycles. The standard InChI is InChI=1S/C31H35N3O3Si/c1-30(2,3)38(24-12-8-6-9-13-24,25-14-10-7-11-15-25)35-20-23-18-26(28-27(23)36-31(4,5)37-28)34-17-16-22-19-32-21-33-29(22)34/h6-19,21,26-28H,20H2,1-5H3/t26-,27-,28+/m1/s1. The van der Waals surface area contributed by atoms with Gasteiger partial charge in [-0.3, -0.25) is 0 Å². The van der Waals surface area contributed by atoms with Crippen LogP contribution in [-0.4, -0.2) is 47.5 Å². The Kier molecular flexibility index (Phi) is 6.15. The SMILES string of the molecule is CC1(C)O[C@@H]2[C@H](O1)C(CO[Si](c1ccccc1)(c1ccccc1)C(C)(C)C)=C[C@H]2n1ccc2cncnc21. The van der Waals surface area contributed by atoms with Crippen molar-refractivity contribution in [3.8, 4) is 0 Å². The van der Waals surface area contributed by atoms with Crippen LogP contribution in [0.1, 0.15) is 40.7 Å². The summed E-state index contributed by atoms with van der Waals surface area (Å²) < 4.78 is 22.4. The topological polar surface area (TPSA) is 58.4 Å². The summed E-state index contributed by atoms with van der Waals surface area (Å²) in [4.78, 5) is 8.74. The highest BCUT2D eigenvalue weighted by molar-refractivity contribution is 6.99. The zero-order chi connectivity index (χ0) is 26.5. The number of aromatic nitrogens is 3. The van der Waals surface area contributed by atoms with Crippen LogP contribution in [0.25, 0.3) is 11.0 Å². The first-order chi connectivity index (χ1) is 18.2. The second kappa shape index (κ2) is 9.27. The molecule has 2 aromatic carbocycles. The molecule has 7 heteroatoms. The van der Waals surface area contributed by atoms with Gasteiger partial charge in [0.2, 0.25) is 0 Å². The third-order valence-corrected chi connectivity index (χ3v) is 12.8. The fraction of sp³-hybridized carbons (Fsp3) is 0.355. The normalized spacial score (nSPS) is 23.0. The van der Waals surface area contributed by atoms with Gasteiger partial charge in [0.25, 0.3) is 8.32 Å². The van der Waals surface area contributed by atoms with E-state index in [4.69, 9.17) is 13.9 Å². The van der Waals surface area contributed by atoms with Crippen molar-refractivity contribution in [1.29, 1.82) is 0 Å². The van der Waals surface area contributed by atoms with E-state index in [9.17, 15) is 0 Å². The van der Waals surface area contributed by atoms with Gasteiger partial charge < -0.3 is 18.5 Å². The molecule has 0 saturated carbocycles. The molecule has 1 aliphatic carbocycles. The second-order valence-corrected chi connectivity index (χ2v) is 16.0. The third-order valence-electron chi connectivity index (χ3n) is 7.79. The summed E-state index contributed by atoms with van der Waals surface area (Å²) in [6.07, 6.45) is 7.43. The highest BCUT2D eigenvalue weighted by Crippen LogP contribution is 2.45. The molecule has 1 aliphatic heterocycles. The number of benzene rings is 2. The Morgan fingerprint density at radius 2 is 1.61 bits per heavy atom. The summed E-state index contributed by atoms with van der Waals surface area (Å²) in [5, 5.41) is 3.44. The molecule has 3 atom stereocenters. The van der Waals surface area contributed by atoms with Crippen LogP contribution in [0, 0.1) is 0 Å². The molecule has 0 amide bonds. The Labute approximate surface area is 225 Å². The summed E-state index contributed by atoms with van der Waals surface area (Å²) in [6.45, 7) is 11.4. The van der Waals surface area contributed by atoms with E-state index in [1.54, 1.807) is 6.33 Å². The van der Waals surface area contributed by atoms with E-state index in [0.717, 1.165) is 16.6 Å². The number of nitrogens with zero attached hydrogens (tertiary/aromatic N) is 3. The lowest BCUT2D eigenvalue weighted by Gasteiger charge is -2.43. The van der Waals surface area contributed by atoms with Gasteiger partial charge in [0.15, 0.2) is 5.79 Å². The van der Waals surface area contributed by atoms with Gasteiger partial charge in [-0.15, -0.1) is 0 Å². The van der Waals surface area contributed by atoms with Gasteiger partial charge in [0.1, 0.15) is 24.2 Å². The van der Waals surface area contributed by atoms with Crippen molar-refractivity contribution in [2.75, 3.05) is 6.61 Å². The maximum atomic E-state index is 7.28. The fourth-order valence-corrected chi connectivity index (χ4v) is 10.7. The van der Waals surface area contributed by atoms with Crippen molar-refractivity contribution >= 4 is 29.7 Å². The van der Waals surface area contributed by atoms with Crippen molar-refractivity contribution in [3.05, 3.63) is 97.1 Å². The van der Waals surface area contributed by atoms with Gasteiger partial charge in [-0.25, -0.2) is 9.97 Å². The lowest BCUT2D eigenvalue weighted by Crippen LogP contribution is -2.66. The minimum absolute atomic E-state index is 0.0491. The highest BCUT2D eigenvalue weighted by Gasteiger charge is 2.53. The minimum Gasteiger partial charge on any atom is -0.403 e. The third kappa shape index (κ3) is 4.14. The van der Waals surface area contributed by atoms with Gasteiger partial charge >= 0.3 is 0 Å². The van der Waals surface area contributed by atoms with Crippen LogP contribution >= 0.6 is 0 Å². The number of hydrogen-bond donors (Lipinski definition) is 0. The van der Waals surface area contributed by atoms with Crippen molar-refractivity contribution in [2.24, 2.45) is 0 Å². The number of fused-ring (bicyclic) bond motifs is 2. The number of rotatable bonds is 6. The molecule has 38 heavy (non-hydrogen) atoms. The van der Waals surface area contributed by atoms with E-state index in [0.29, 0.717) is 6.61 Å². The van der Waals surface area contributed by atoms with E-state index >= 15 is 0 Å². The van der Waals surface area contributed by atoms with Gasteiger partial charge in [-0.05, 0) is 40.9 Å². The molecule has 0 radical (unpaired) electrons. The quantitative estimate of drug-likeness (QED) is 0.262. The van der Waals surface area contributed by atoms with Crippen molar-refractivity contribution in [1.82, 2.24) is 14.5 Å². The molecule has 2 aliphatic rings. The zero-order valence-electron chi connectivity index (χ0n) is 22.7. The summed E-state index contributed by atoms with van der Waals surface area (Å²) >= 11 is 0. The van der Waals surface area contributed by atoms with Crippen LogP contribution in [0.3, 0.4) is 0 Å². The highest BCUT2D eigenvalue weighted by atomic mass is 28.4. The van der Waals surface area contributed by atoms with E-state index in [2.05, 4.69) is 114 Å². The molecule has 0 unspecified atom stereocenters. The Morgan fingerprint density at radius 3 is 2.24 bits per heavy atom. The molecule has 0 N–H and O–H groups in total. The van der Waals surface area contributed by atoms with Crippen molar-refractivity contribution in [3.63, 3.8) is 0 Å². The lowest BCUT2D eigenvalue weighted by molar-refractivity contribution is -0.148. The molecule has 0 spiro atoms. The van der Waals surface area contributed by atoms with Crippen molar-refractivity contribution < 1.29 is 13.9 Å². The predicted octanol–water partition coefficient (Wildman–Crippen LogP) is 5.01. The molecular formula is C31H35N3O3Si. The van der Waals surface area contributed by atoms with Gasteiger partial charge in [-0.2, -0.15) is 0 Å². The summed E-state index contributed by atoms with van der Waals surface area (Å²) in [5.41, 5.74) is 2.01. The predicted molar refractivity (Wildman–Crippen MR) is 152 cm³/mol. The maximum absolute atomic E-state index is 7.28. The van der Waals surface area contributed by atoms with E-state index in [1.165, 1.54) is 10.4 Å². The van der Waals surface area contributed by atoms with Gasteiger partial charge in [-0.1, -0.05) is 87.5 Å². The van der Waals surface area contributed by atoms with Crippen LogP contribution in [-0.2, 0) is 13.9 Å². The molecule has 196 valence electrons. The fourth-order valence-electron chi connectivity index (χ4n) is 6.20. The van der Waals surface area contributed by atoms with Crippen LogP contribution in [0.2, 0.25) is 5.04 Å². The van der Waals surface area contributed by atoms with Gasteiger partial charge in [0, 0.05) is 17.8 Å². The van der Waals surface area contributed by atoms with Crippen LogP contribution in [0.5, 0.6) is 0 Å². The maximum Gasteiger partial charge on any atom is 0.261 e. The molecule has 6 rings (SSSR count). The minimum atomic E-state index is -2.69. The monoisotopic (exact) mass is 525 g/mol. The number of ether oxygens (including phenoxy) is 2. The van der Waals surface area contributed by atoms with E-state index in [1.807, 2.05) is 20.0 Å². The first-order valence-corrected chi connectivity index (χ1v) is 15.2. The first-order valence-electron chi connectivity index (χ1n) is 13.3. The Balaban J connectivity index is 1.42. The average Bonchev–Trinajstić information content (AvgIpc) is 3.56. The Hall–Kier alpha value is -3.10. The zero-order valence-corrected chi connectivity index (χ0v) is 23.7. The van der Waals surface area contributed by atoms with E-state index < -0.39 is 14.1 Å². The largest absolute Gasteiger partial charge is 0.403 e. The smallest absolute Gasteiger partial charge is 0.261 e. The first kappa shape index (κ1) is 25.2. The molecule has 4 aromatic rings. The molecule has 6 nitrogen and oxygen atoms in total. The van der Waals surface area contributed by atoms with Crippen LogP contribution < -0.4 is 10.4 Å². The van der Waals surface area contributed by atoms with Crippen LogP contribution in [0.15, 0.2) is 97.1 Å².